The van der Waals surface area contributed by atoms with Crippen molar-refractivity contribution < 1.29 is 0 Å². The number of benzene rings is 1. The molecule has 1 atom stereocenters. The second kappa shape index (κ2) is 3.14. The van der Waals surface area contributed by atoms with Crippen molar-refractivity contribution in [1.29, 1.82) is 0 Å². The molecule has 0 saturated heterocycles. The van der Waals surface area contributed by atoms with Gasteiger partial charge in [0.15, 0.2) is 0 Å². The lowest BCUT2D eigenvalue weighted by Crippen LogP contribution is -1.95. The number of hydrogen-bond donors (Lipinski definition) is 0. The lowest BCUT2D eigenvalue weighted by Gasteiger charge is -2.10. The Hall–Kier alpha value is -1.04. The highest BCUT2D eigenvalue weighted by atomic mass is 14.3. The first kappa shape index (κ1) is 7.60. The Balaban J connectivity index is 2.21. The van der Waals surface area contributed by atoms with Gasteiger partial charge >= 0.3 is 0 Å². The maximum atomic E-state index is 3.90. The van der Waals surface area contributed by atoms with Gasteiger partial charge in [0.2, 0.25) is 0 Å². The molecular weight excluding hydrogens is 144 g/mol. The molecule has 0 aliphatic heterocycles. The van der Waals surface area contributed by atoms with Gasteiger partial charge in [-0.15, -0.1) is 6.58 Å². The Morgan fingerprint density at radius 1 is 1.25 bits per heavy atom. The highest BCUT2D eigenvalue weighted by Crippen LogP contribution is 2.42. The van der Waals surface area contributed by atoms with Gasteiger partial charge in [-0.3, -0.25) is 0 Å². The molecule has 1 aliphatic carbocycles. The first-order chi connectivity index (χ1) is 5.92. The van der Waals surface area contributed by atoms with Crippen LogP contribution in [0.4, 0.5) is 0 Å². The van der Waals surface area contributed by atoms with Crippen molar-refractivity contribution in [2.45, 2.75) is 18.8 Å². The zero-order valence-corrected chi connectivity index (χ0v) is 7.24. The van der Waals surface area contributed by atoms with Crippen molar-refractivity contribution in [2.75, 3.05) is 0 Å². The van der Waals surface area contributed by atoms with Gasteiger partial charge in [0.25, 0.3) is 0 Å². The van der Waals surface area contributed by atoms with Gasteiger partial charge in [-0.05, 0) is 24.3 Å². The van der Waals surface area contributed by atoms with Crippen LogP contribution in [0.3, 0.4) is 0 Å². The zero-order valence-electron chi connectivity index (χ0n) is 7.24. The Labute approximate surface area is 73.9 Å². The van der Waals surface area contributed by atoms with E-state index in [2.05, 4.69) is 43.0 Å². The largest absolute Gasteiger partial charge is 0.102 e. The van der Waals surface area contributed by atoms with Gasteiger partial charge in [0, 0.05) is 5.92 Å². The summed E-state index contributed by atoms with van der Waals surface area (Å²) in [6.45, 7) is 3.90. The van der Waals surface area contributed by atoms with Crippen molar-refractivity contribution in [3.8, 4) is 0 Å². The summed E-state index contributed by atoms with van der Waals surface area (Å²) in [5, 5.41) is 0. The van der Waals surface area contributed by atoms with Crippen LogP contribution in [0.1, 0.15) is 24.3 Å². The molecule has 0 aromatic heterocycles. The summed E-state index contributed by atoms with van der Waals surface area (Å²) in [6.07, 6.45) is 4.85. The smallest absolute Gasteiger partial charge is 0.00435 e. The fraction of sp³-hybridized carbons (Fsp3) is 0.333. The number of rotatable bonds is 3. The van der Waals surface area contributed by atoms with Crippen LogP contribution in [0.5, 0.6) is 0 Å². The Morgan fingerprint density at radius 3 is 2.42 bits per heavy atom. The molecule has 0 bridgehead atoms. The predicted molar refractivity (Wildman–Crippen MR) is 52.1 cm³/mol. The van der Waals surface area contributed by atoms with Crippen molar-refractivity contribution >= 4 is 0 Å². The third-order valence-electron chi connectivity index (χ3n) is 2.57. The van der Waals surface area contributed by atoms with Crippen LogP contribution < -0.4 is 0 Å². The summed E-state index contributed by atoms with van der Waals surface area (Å²) in [5.41, 5.74) is 1.43. The third kappa shape index (κ3) is 1.42. The second-order valence-electron chi connectivity index (χ2n) is 3.51. The second-order valence-corrected chi connectivity index (χ2v) is 3.51. The van der Waals surface area contributed by atoms with E-state index >= 15 is 0 Å². The molecule has 0 spiro atoms. The summed E-state index contributed by atoms with van der Waals surface area (Å²) in [7, 11) is 0. The summed E-state index contributed by atoms with van der Waals surface area (Å²) in [6, 6.07) is 10.7. The molecule has 2 rings (SSSR count). The van der Waals surface area contributed by atoms with E-state index in [4.69, 9.17) is 0 Å². The number of allylic oxidation sites excluding steroid dienone is 1. The molecule has 1 fully saturated rings. The standard InChI is InChI=1S/C12H14/c1-2-12(11-8-9-11)10-6-4-3-5-7-10/h2-7,11-12H,1,8-9H2/t12-/m0/s1. The quantitative estimate of drug-likeness (QED) is 0.592. The van der Waals surface area contributed by atoms with E-state index in [0.717, 1.165) is 5.92 Å². The predicted octanol–water partition coefficient (Wildman–Crippen LogP) is 3.37. The van der Waals surface area contributed by atoms with E-state index in [1.54, 1.807) is 0 Å². The monoisotopic (exact) mass is 158 g/mol. The molecule has 0 N–H and O–H groups in total. The Kier molecular flexibility index (Phi) is 1.99. The minimum absolute atomic E-state index is 0.603. The highest BCUT2D eigenvalue weighted by Gasteiger charge is 2.29. The van der Waals surface area contributed by atoms with Crippen LogP contribution in [0.2, 0.25) is 0 Å². The van der Waals surface area contributed by atoms with E-state index in [-0.39, 0.29) is 0 Å². The first-order valence-electron chi connectivity index (χ1n) is 4.59. The van der Waals surface area contributed by atoms with Crippen LogP contribution in [-0.2, 0) is 0 Å². The van der Waals surface area contributed by atoms with Crippen molar-refractivity contribution in [2.24, 2.45) is 5.92 Å². The lowest BCUT2D eigenvalue weighted by molar-refractivity contribution is 0.729. The number of hydrogen-bond acceptors (Lipinski definition) is 0. The maximum Gasteiger partial charge on any atom is 0.00435 e. The van der Waals surface area contributed by atoms with Gasteiger partial charge in [-0.25, -0.2) is 0 Å². The summed E-state index contributed by atoms with van der Waals surface area (Å²) >= 11 is 0. The van der Waals surface area contributed by atoms with E-state index in [9.17, 15) is 0 Å². The Morgan fingerprint density at radius 2 is 1.92 bits per heavy atom. The fourth-order valence-corrected chi connectivity index (χ4v) is 1.73. The lowest BCUT2D eigenvalue weighted by atomic mass is 9.95. The molecule has 1 saturated carbocycles. The van der Waals surface area contributed by atoms with Gasteiger partial charge in [-0.2, -0.15) is 0 Å². The fourth-order valence-electron chi connectivity index (χ4n) is 1.73. The summed E-state index contributed by atoms with van der Waals surface area (Å²) < 4.78 is 0. The molecule has 0 unspecified atom stereocenters. The molecule has 1 aromatic carbocycles. The van der Waals surface area contributed by atoms with Gasteiger partial charge in [-0.1, -0.05) is 36.4 Å². The molecule has 0 nitrogen and oxygen atoms in total. The molecular formula is C12H14. The summed E-state index contributed by atoms with van der Waals surface area (Å²) in [5.74, 6) is 1.48. The first-order valence-corrected chi connectivity index (χ1v) is 4.59. The van der Waals surface area contributed by atoms with Crippen molar-refractivity contribution in [3.05, 3.63) is 48.6 Å². The molecule has 1 aliphatic rings. The molecule has 0 radical (unpaired) electrons. The van der Waals surface area contributed by atoms with Crippen LogP contribution in [-0.4, -0.2) is 0 Å². The van der Waals surface area contributed by atoms with Crippen LogP contribution in [0.15, 0.2) is 43.0 Å². The Bertz CT molecular complexity index is 257. The van der Waals surface area contributed by atoms with Gasteiger partial charge in [0.05, 0.1) is 0 Å². The van der Waals surface area contributed by atoms with E-state index in [1.807, 2.05) is 0 Å². The van der Waals surface area contributed by atoms with E-state index < -0.39 is 0 Å². The van der Waals surface area contributed by atoms with Gasteiger partial charge < -0.3 is 0 Å². The zero-order chi connectivity index (χ0) is 8.39. The molecule has 0 heteroatoms. The molecule has 12 heavy (non-hydrogen) atoms. The SMILES string of the molecule is C=C[C@@H](c1ccccc1)C1CC1. The average molecular weight is 158 g/mol. The molecule has 0 heterocycles. The average Bonchev–Trinajstić information content (AvgIpc) is 2.92. The van der Waals surface area contributed by atoms with Crippen LogP contribution >= 0.6 is 0 Å². The third-order valence-corrected chi connectivity index (χ3v) is 2.57. The van der Waals surface area contributed by atoms with Crippen LogP contribution in [0, 0.1) is 5.92 Å². The van der Waals surface area contributed by atoms with Crippen molar-refractivity contribution in [1.82, 2.24) is 0 Å². The minimum atomic E-state index is 0.603. The van der Waals surface area contributed by atoms with E-state index in [1.165, 1.54) is 18.4 Å². The minimum Gasteiger partial charge on any atom is -0.102 e. The maximum absolute atomic E-state index is 3.90. The molecule has 0 amide bonds. The van der Waals surface area contributed by atoms with Crippen molar-refractivity contribution in [3.63, 3.8) is 0 Å². The molecule has 1 aromatic rings. The topological polar surface area (TPSA) is 0 Å². The molecule has 62 valence electrons. The van der Waals surface area contributed by atoms with E-state index in [0.29, 0.717) is 5.92 Å². The highest BCUT2D eigenvalue weighted by molar-refractivity contribution is 5.25. The van der Waals surface area contributed by atoms with Crippen LogP contribution in [0.25, 0.3) is 0 Å². The normalized spacial score (nSPS) is 18.7. The summed E-state index contributed by atoms with van der Waals surface area (Å²) in [4.78, 5) is 0. The van der Waals surface area contributed by atoms with Gasteiger partial charge in [0.1, 0.15) is 0 Å².